The highest BCUT2D eigenvalue weighted by atomic mass is 32.2. The molecule has 3 fully saturated rings. The molecule has 138 valence electrons. The van der Waals surface area contributed by atoms with Crippen LogP contribution in [0.5, 0.6) is 5.75 Å². The van der Waals surface area contributed by atoms with Crippen molar-refractivity contribution < 1.29 is 17.9 Å². The molecular formula is C18H26N2O4S. The van der Waals surface area contributed by atoms with Crippen LogP contribution in [0.3, 0.4) is 0 Å². The number of nitrogens with zero attached hydrogens (tertiary/aromatic N) is 1. The van der Waals surface area contributed by atoms with Crippen LogP contribution < -0.4 is 10.1 Å². The maximum Gasteiger partial charge on any atom is 0.229 e. The molecule has 1 amide bonds. The standard InChI is InChI=1S/C18H26N2O4S/c1-12(2)24-15-7-5-14(6-8-15)19-18(21)16-10-13-4-9-17(16)20(11-13)25(3,22)23/h5-8,12-13,16-17H,4,9-11H2,1-3H3,(H,19,21)/t13-,16+,17+/m0/s1. The Morgan fingerprint density at radius 3 is 2.48 bits per heavy atom. The van der Waals surface area contributed by atoms with Crippen LogP contribution in [0.25, 0.3) is 0 Å². The molecule has 3 aliphatic rings. The van der Waals surface area contributed by atoms with Gasteiger partial charge in [0.05, 0.1) is 18.3 Å². The van der Waals surface area contributed by atoms with Gasteiger partial charge in [-0.05, 0) is 63.3 Å². The van der Waals surface area contributed by atoms with E-state index in [1.165, 1.54) is 10.6 Å². The summed E-state index contributed by atoms with van der Waals surface area (Å²) in [5.74, 6) is 0.652. The van der Waals surface area contributed by atoms with Crippen molar-refractivity contribution in [1.82, 2.24) is 4.31 Å². The summed E-state index contributed by atoms with van der Waals surface area (Å²) in [6.45, 7) is 4.47. The Morgan fingerprint density at radius 1 is 1.24 bits per heavy atom. The van der Waals surface area contributed by atoms with E-state index in [0.717, 1.165) is 25.0 Å². The molecule has 0 aromatic heterocycles. The molecule has 2 heterocycles. The zero-order valence-corrected chi connectivity index (χ0v) is 15.8. The molecule has 3 atom stereocenters. The number of benzene rings is 1. The first-order valence-electron chi connectivity index (χ1n) is 8.78. The monoisotopic (exact) mass is 366 g/mol. The van der Waals surface area contributed by atoms with E-state index < -0.39 is 10.0 Å². The normalized spacial score (nSPS) is 26.6. The fourth-order valence-electron chi connectivity index (χ4n) is 3.93. The number of anilines is 1. The maximum absolute atomic E-state index is 12.7. The minimum atomic E-state index is -3.28. The molecule has 2 bridgehead atoms. The summed E-state index contributed by atoms with van der Waals surface area (Å²) in [5.41, 5.74) is 0.702. The van der Waals surface area contributed by atoms with Crippen molar-refractivity contribution in [2.45, 2.75) is 45.3 Å². The van der Waals surface area contributed by atoms with Crippen LogP contribution in [0.2, 0.25) is 0 Å². The van der Waals surface area contributed by atoms with Crippen molar-refractivity contribution in [3.8, 4) is 5.75 Å². The highest BCUT2D eigenvalue weighted by Crippen LogP contribution is 2.40. The van der Waals surface area contributed by atoms with Crippen LogP contribution in [-0.4, -0.2) is 43.6 Å². The van der Waals surface area contributed by atoms with Gasteiger partial charge >= 0.3 is 0 Å². The van der Waals surface area contributed by atoms with E-state index in [-0.39, 0.29) is 29.9 Å². The van der Waals surface area contributed by atoms with Gasteiger partial charge in [-0.15, -0.1) is 0 Å². The molecule has 0 unspecified atom stereocenters. The molecule has 4 rings (SSSR count). The van der Waals surface area contributed by atoms with Crippen molar-refractivity contribution in [3.05, 3.63) is 24.3 Å². The fraction of sp³-hybridized carbons (Fsp3) is 0.611. The number of amides is 1. The molecule has 1 aromatic carbocycles. The molecular weight excluding hydrogens is 340 g/mol. The summed E-state index contributed by atoms with van der Waals surface area (Å²) in [6, 6.07) is 7.05. The quantitative estimate of drug-likeness (QED) is 0.869. The van der Waals surface area contributed by atoms with Gasteiger partial charge in [-0.1, -0.05) is 0 Å². The molecule has 1 aliphatic carbocycles. The highest BCUT2D eigenvalue weighted by molar-refractivity contribution is 7.88. The number of hydrogen-bond donors (Lipinski definition) is 1. The molecule has 25 heavy (non-hydrogen) atoms. The second-order valence-electron chi connectivity index (χ2n) is 7.37. The number of carbonyl (C=O) groups is 1. The van der Waals surface area contributed by atoms with Gasteiger partial charge < -0.3 is 10.1 Å². The molecule has 1 saturated carbocycles. The zero-order chi connectivity index (χ0) is 18.2. The largest absolute Gasteiger partial charge is 0.491 e. The lowest BCUT2D eigenvalue weighted by Crippen LogP contribution is -2.57. The first-order chi connectivity index (χ1) is 11.7. The van der Waals surface area contributed by atoms with Gasteiger partial charge in [-0.3, -0.25) is 4.79 Å². The van der Waals surface area contributed by atoms with Crippen molar-refractivity contribution in [1.29, 1.82) is 0 Å². The lowest BCUT2D eigenvalue weighted by Gasteiger charge is -2.47. The van der Waals surface area contributed by atoms with Gasteiger partial charge in [0.2, 0.25) is 15.9 Å². The minimum Gasteiger partial charge on any atom is -0.491 e. The minimum absolute atomic E-state index is 0.0967. The van der Waals surface area contributed by atoms with Crippen LogP contribution >= 0.6 is 0 Å². The van der Waals surface area contributed by atoms with Crippen LogP contribution in [0.1, 0.15) is 33.1 Å². The summed E-state index contributed by atoms with van der Waals surface area (Å²) in [4.78, 5) is 12.7. The van der Waals surface area contributed by atoms with E-state index in [4.69, 9.17) is 4.74 Å². The molecule has 1 aromatic rings. The van der Waals surface area contributed by atoms with Gasteiger partial charge in [0.15, 0.2) is 0 Å². The Kier molecular flexibility index (Phi) is 5.06. The third-order valence-electron chi connectivity index (χ3n) is 4.99. The molecule has 7 heteroatoms. The summed E-state index contributed by atoms with van der Waals surface area (Å²) < 4.78 is 31.1. The van der Waals surface area contributed by atoms with Gasteiger partial charge in [0, 0.05) is 18.3 Å². The van der Waals surface area contributed by atoms with E-state index in [2.05, 4.69) is 5.32 Å². The molecule has 2 saturated heterocycles. The Hall–Kier alpha value is -1.60. The van der Waals surface area contributed by atoms with E-state index in [1.54, 1.807) is 0 Å². The molecule has 0 radical (unpaired) electrons. The summed E-state index contributed by atoms with van der Waals surface area (Å²) in [6.07, 6.45) is 3.85. The lowest BCUT2D eigenvalue weighted by atomic mass is 9.73. The number of ether oxygens (including phenoxy) is 1. The average molecular weight is 366 g/mol. The van der Waals surface area contributed by atoms with E-state index in [9.17, 15) is 13.2 Å². The summed E-state index contributed by atoms with van der Waals surface area (Å²) >= 11 is 0. The number of rotatable bonds is 5. The molecule has 1 N–H and O–H groups in total. The Morgan fingerprint density at radius 2 is 1.92 bits per heavy atom. The van der Waals surface area contributed by atoms with Crippen molar-refractivity contribution in [2.75, 3.05) is 18.1 Å². The van der Waals surface area contributed by atoms with Crippen LogP contribution in [-0.2, 0) is 14.8 Å². The zero-order valence-electron chi connectivity index (χ0n) is 14.9. The topological polar surface area (TPSA) is 75.7 Å². The number of sulfonamides is 1. The van der Waals surface area contributed by atoms with Gasteiger partial charge in [-0.2, -0.15) is 4.31 Å². The van der Waals surface area contributed by atoms with E-state index >= 15 is 0 Å². The van der Waals surface area contributed by atoms with Crippen molar-refractivity contribution in [3.63, 3.8) is 0 Å². The summed E-state index contributed by atoms with van der Waals surface area (Å²) in [7, 11) is -3.28. The molecule has 6 nitrogen and oxygen atoms in total. The third kappa shape index (κ3) is 4.15. The molecule has 0 spiro atoms. The Bertz CT molecular complexity index is 730. The van der Waals surface area contributed by atoms with E-state index in [1.807, 2.05) is 38.1 Å². The Balaban J connectivity index is 1.69. The SMILES string of the molecule is CC(C)Oc1ccc(NC(=O)[C@@H]2C[C@@H]3CC[C@H]2N(S(C)(=O)=O)C3)cc1. The van der Waals surface area contributed by atoms with Crippen LogP contribution in [0.4, 0.5) is 5.69 Å². The first kappa shape index (κ1) is 18.2. The fourth-order valence-corrected chi connectivity index (χ4v) is 5.15. The van der Waals surface area contributed by atoms with Crippen LogP contribution in [0, 0.1) is 11.8 Å². The number of nitrogens with one attached hydrogen (secondary N) is 1. The average Bonchev–Trinajstić information content (AvgIpc) is 2.55. The van der Waals surface area contributed by atoms with Gasteiger partial charge in [-0.25, -0.2) is 8.42 Å². The highest BCUT2D eigenvalue weighted by Gasteiger charge is 2.47. The number of carbonyl (C=O) groups excluding carboxylic acids is 1. The predicted octanol–water partition coefficient (Wildman–Crippen LogP) is 2.47. The number of hydrogen-bond acceptors (Lipinski definition) is 4. The van der Waals surface area contributed by atoms with Gasteiger partial charge in [0.1, 0.15) is 5.75 Å². The van der Waals surface area contributed by atoms with E-state index in [0.29, 0.717) is 12.2 Å². The number of fused-ring (bicyclic) bond motifs is 3. The molecule has 2 aliphatic heterocycles. The van der Waals surface area contributed by atoms with Gasteiger partial charge in [0.25, 0.3) is 0 Å². The summed E-state index contributed by atoms with van der Waals surface area (Å²) in [5, 5.41) is 2.93. The van der Waals surface area contributed by atoms with Crippen molar-refractivity contribution in [2.24, 2.45) is 11.8 Å². The smallest absolute Gasteiger partial charge is 0.229 e. The second kappa shape index (κ2) is 6.96. The third-order valence-corrected chi connectivity index (χ3v) is 6.26. The predicted molar refractivity (Wildman–Crippen MR) is 97.0 cm³/mol. The number of piperidine rings is 2. The maximum atomic E-state index is 12.7. The first-order valence-corrected chi connectivity index (χ1v) is 10.6. The van der Waals surface area contributed by atoms with Crippen LogP contribution in [0.15, 0.2) is 24.3 Å². The Labute approximate surface area is 149 Å². The lowest BCUT2D eigenvalue weighted by molar-refractivity contribution is -0.125. The second-order valence-corrected chi connectivity index (χ2v) is 9.30. The van der Waals surface area contributed by atoms with Crippen molar-refractivity contribution >= 4 is 21.6 Å².